The summed E-state index contributed by atoms with van der Waals surface area (Å²) in [6, 6.07) is 10.8. The van der Waals surface area contributed by atoms with E-state index in [0.717, 1.165) is 11.1 Å². The van der Waals surface area contributed by atoms with Gasteiger partial charge in [0.1, 0.15) is 5.75 Å². The Kier molecular flexibility index (Phi) is 4.50. The topological polar surface area (TPSA) is 50.4 Å². The minimum Gasteiger partial charge on any atom is -0.508 e. The molecule has 0 fully saturated rings. The van der Waals surface area contributed by atoms with Gasteiger partial charge < -0.3 is 9.84 Å². The number of methoxy groups -OCH3 is 1. The lowest BCUT2D eigenvalue weighted by Crippen LogP contribution is -2.37. The van der Waals surface area contributed by atoms with E-state index in [-0.39, 0.29) is 18.3 Å². The van der Waals surface area contributed by atoms with Crippen molar-refractivity contribution < 1.29 is 19.2 Å². The highest BCUT2D eigenvalue weighted by molar-refractivity contribution is 5.69. The van der Waals surface area contributed by atoms with Gasteiger partial charge in [0.15, 0.2) is 12.4 Å². The lowest BCUT2D eigenvalue weighted by molar-refractivity contribution is -0.685. The van der Waals surface area contributed by atoms with Gasteiger partial charge in [-0.15, -0.1) is 0 Å². The van der Waals surface area contributed by atoms with Gasteiger partial charge in [-0.05, 0) is 23.3 Å². The van der Waals surface area contributed by atoms with Gasteiger partial charge in [0.05, 0.1) is 7.11 Å². The van der Waals surface area contributed by atoms with Crippen molar-refractivity contribution in [2.75, 3.05) is 7.11 Å². The van der Waals surface area contributed by atoms with Gasteiger partial charge in [0.25, 0.3) is 0 Å². The minimum atomic E-state index is -0.276. The summed E-state index contributed by atoms with van der Waals surface area (Å²) >= 11 is 0. The second kappa shape index (κ2) is 6.52. The SMILES string of the molecule is COC(=O)C[n+]1ccc(/C=C/c2ccc(O)cc2)cc1. The van der Waals surface area contributed by atoms with Crippen molar-refractivity contribution in [3.05, 3.63) is 59.9 Å². The quantitative estimate of drug-likeness (QED) is 0.683. The van der Waals surface area contributed by atoms with E-state index >= 15 is 0 Å². The molecule has 2 rings (SSSR count). The molecule has 0 atom stereocenters. The summed E-state index contributed by atoms with van der Waals surface area (Å²) in [5, 5.41) is 9.20. The van der Waals surface area contributed by atoms with Crippen molar-refractivity contribution in [1.82, 2.24) is 0 Å². The normalized spacial score (nSPS) is 10.7. The van der Waals surface area contributed by atoms with Crippen LogP contribution in [0.4, 0.5) is 0 Å². The van der Waals surface area contributed by atoms with Gasteiger partial charge in [-0.25, -0.2) is 4.79 Å². The molecule has 0 radical (unpaired) electrons. The van der Waals surface area contributed by atoms with Crippen LogP contribution in [0.25, 0.3) is 12.2 Å². The molecule has 4 heteroatoms. The summed E-state index contributed by atoms with van der Waals surface area (Å²) in [7, 11) is 1.37. The number of pyridine rings is 1. The van der Waals surface area contributed by atoms with E-state index in [1.165, 1.54) is 7.11 Å². The average molecular weight is 270 g/mol. The van der Waals surface area contributed by atoms with Crippen molar-refractivity contribution in [1.29, 1.82) is 0 Å². The maximum Gasteiger partial charge on any atom is 0.372 e. The van der Waals surface area contributed by atoms with Crippen molar-refractivity contribution in [3.8, 4) is 5.75 Å². The molecule has 2 aromatic rings. The number of hydrogen-bond acceptors (Lipinski definition) is 3. The third-order valence-electron chi connectivity index (χ3n) is 2.82. The van der Waals surface area contributed by atoms with E-state index in [1.807, 2.05) is 48.8 Å². The summed E-state index contributed by atoms with van der Waals surface area (Å²) < 4.78 is 6.36. The molecule has 0 saturated carbocycles. The molecule has 0 unspecified atom stereocenters. The smallest absolute Gasteiger partial charge is 0.372 e. The van der Waals surface area contributed by atoms with Crippen LogP contribution in [0.5, 0.6) is 5.75 Å². The molecule has 0 aliphatic rings. The Hall–Kier alpha value is -2.62. The van der Waals surface area contributed by atoms with Crippen LogP contribution >= 0.6 is 0 Å². The van der Waals surface area contributed by atoms with E-state index in [0.29, 0.717) is 0 Å². The average Bonchev–Trinajstić information content (AvgIpc) is 2.48. The van der Waals surface area contributed by atoms with E-state index in [4.69, 9.17) is 0 Å². The van der Waals surface area contributed by atoms with Gasteiger partial charge >= 0.3 is 5.97 Å². The maximum atomic E-state index is 11.1. The molecule has 1 heterocycles. The van der Waals surface area contributed by atoms with E-state index in [2.05, 4.69) is 4.74 Å². The monoisotopic (exact) mass is 270 g/mol. The highest BCUT2D eigenvalue weighted by atomic mass is 16.5. The molecule has 0 amide bonds. The summed E-state index contributed by atoms with van der Waals surface area (Å²) in [5.74, 6) is -0.0203. The first-order valence-electron chi connectivity index (χ1n) is 6.20. The predicted octanol–water partition coefficient (Wildman–Crippen LogP) is 2.02. The molecule has 1 aromatic carbocycles. The second-order valence-corrected chi connectivity index (χ2v) is 4.30. The Labute approximate surface area is 117 Å². The first-order chi connectivity index (χ1) is 9.67. The lowest BCUT2D eigenvalue weighted by atomic mass is 10.1. The first kappa shape index (κ1) is 13.8. The minimum absolute atomic E-state index is 0.207. The molecule has 1 aromatic heterocycles. The van der Waals surface area contributed by atoms with Crippen LogP contribution in [0.2, 0.25) is 0 Å². The van der Waals surface area contributed by atoms with Gasteiger partial charge in [0, 0.05) is 12.1 Å². The summed E-state index contributed by atoms with van der Waals surface area (Å²) in [6.45, 7) is 0.207. The Morgan fingerprint density at radius 2 is 1.65 bits per heavy atom. The standard InChI is InChI=1S/C16H15NO3/c1-20-16(19)12-17-10-8-14(9-11-17)3-2-13-4-6-15(18)7-5-13/h2-11H,12H2,1H3/p+1. The van der Waals surface area contributed by atoms with Crippen LogP contribution in [0.3, 0.4) is 0 Å². The molecule has 1 N–H and O–H groups in total. The molecular formula is C16H16NO3+. The Bertz CT molecular complexity index is 601. The van der Waals surface area contributed by atoms with Gasteiger partial charge in [-0.2, -0.15) is 4.57 Å². The summed E-state index contributed by atoms with van der Waals surface area (Å²) in [4.78, 5) is 11.1. The molecule has 4 nitrogen and oxygen atoms in total. The van der Waals surface area contributed by atoms with Crippen molar-refractivity contribution >= 4 is 18.1 Å². The number of rotatable bonds is 4. The second-order valence-electron chi connectivity index (χ2n) is 4.30. The number of carbonyl (C=O) groups excluding carboxylic acids is 1. The number of esters is 1. The molecule has 102 valence electrons. The van der Waals surface area contributed by atoms with Crippen LogP contribution in [0.1, 0.15) is 11.1 Å². The molecule has 20 heavy (non-hydrogen) atoms. The van der Waals surface area contributed by atoms with Gasteiger partial charge in [-0.1, -0.05) is 24.3 Å². The fourth-order valence-electron chi connectivity index (χ4n) is 1.68. The van der Waals surface area contributed by atoms with Crippen LogP contribution in [0.15, 0.2) is 48.8 Å². The molecule has 0 aliphatic heterocycles. The van der Waals surface area contributed by atoms with Gasteiger partial charge in [0.2, 0.25) is 6.54 Å². The van der Waals surface area contributed by atoms with E-state index in [9.17, 15) is 9.90 Å². The Morgan fingerprint density at radius 1 is 1.10 bits per heavy atom. The number of hydrogen-bond donors (Lipinski definition) is 1. The molecular weight excluding hydrogens is 254 g/mol. The van der Waals surface area contributed by atoms with Crippen molar-refractivity contribution in [2.45, 2.75) is 6.54 Å². The van der Waals surface area contributed by atoms with E-state index < -0.39 is 0 Å². The van der Waals surface area contributed by atoms with E-state index in [1.54, 1.807) is 16.7 Å². The van der Waals surface area contributed by atoms with Crippen LogP contribution in [0, 0.1) is 0 Å². The number of aromatic nitrogens is 1. The summed E-state index contributed by atoms with van der Waals surface area (Å²) in [6.07, 6.45) is 7.58. The van der Waals surface area contributed by atoms with Crippen LogP contribution in [-0.4, -0.2) is 18.2 Å². The number of phenolic OH excluding ortho intramolecular Hbond substituents is 1. The fourth-order valence-corrected chi connectivity index (χ4v) is 1.68. The predicted molar refractivity (Wildman–Crippen MR) is 75.7 cm³/mol. The largest absolute Gasteiger partial charge is 0.508 e. The molecule has 0 saturated heterocycles. The maximum absolute atomic E-state index is 11.1. The zero-order valence-corrected chi connectivity index (χ0v) is 11.2. The Balaban J connectivity index is 2.03. The number of aromatic hydroxyl groups is 1. The molecule has 0 bridgehead atoms. The number of ether oxygens (including phenoxy) is 1. The zero-order chi connectivity index (χ0) is 14.4. The summed E-state index contributed by atoms with van der Waals surface area (Å²) in [5.41, 5.74) is 2.04. The third-order valence-corrected chi connectivity index (χ3v) is 2.82. The van der Waals surface area contributed by atoms with Crippen LogP contribution in [-0.2, 0) is 16.1 Å². The highest BCUT2D eigenvalue weighted by Crippen LogP contribution is 2.12. The first-order valence-corrected chi connectivity index (χ1v) is 6.20. The molecule has 0 spiro atoms. The van der Waals surface area contributed by atoms with Gasteiger partial charge in [-0.3, -0.25) is 0 Å². The van der Waals surface area contributed by atoms with Crippen molar-refractivity contribution in [2.24, 2.45) is 0 Å². The number of carbonyl (C=O) groups is 1. The number of phenols is 1. The highest BCUT2D eigenvalue weighted by Gasteiger charge is 2.07. The third kappa shape index (κ3) is 3.95. The van der Waals surface area contributed by atoms with Crippen LogP contribution < -0.4 is 4.57 Å². The lowest BCUT2D eigenvalue weighted by Gasteiger charge is -1.97. The Morgan fingerprint density at radius 3 is 2.20 bits per heavy atom. The zero-order valence-electron chi connectivity index (χ0n) is 11.2. The number of nitrogens with zero attached hydrogens (tertiary/aromatic N) is 1. The molecule has 0 aliphatic carbocycles. The fraction of sp³-hybridized carbons (Fsp3) is 0.125. The van der Waals surface area contributed by atoms with Crippen molar-refractivity contribution in [3.63, 3.8) is 0 Å². The number of benzene rings is 1.